The first-order valence-electron chi connectivity index (χ1n) is 9.86. The number of hydroxylamine groups is 1. The van der Waals surface area contributed by atoms with E-state index in [0.29, 0.717) is 5.65 Å². The van der Waals surface area contributed by atoms with Gasteiger partial charge in [0.05, 0.1) is 12.3 Å². The number of hydrogen-bond acceptors (Lipinski definition) is 5. The van der Waals surface area contributed by atoms with Crippen LogP contribution in [-0.4, -0.2) is 31.2 Å². The van der Waals surface area contributed by atoms with E-state index >= 15 is 0 Å². The van der Waals surface area contributed by atoms with Crippen LogP contribution in [0.25, 0.3) is 16.8 Å². The van der Waals surface area contributed by atoms with Gasteiger partial charge in [-0.05, 0) is 35.7 Å². The number of nitrogens with zero attached hydrogens (tertiary/aromatic N) is 2. The summed E-state index contributed by atoms with van der Waals surface area (Å²) in [5, 5.41) is 20.2. The Morgan fingerprint density at radius 2 is 1.74 bits per heavy atom. The number of carbonyl (C=O) groups excluding carboxylic acids is 1. The highest BCUT2D eigenvalue weighted by molar-refractivity contribution is 5.84. The molecule has 2 aromatic carbocycles. The smallest absolute Gasteiger partial charge is 0.278 e. The SMILES string of the molecule is C[C@@](OCc1ccc(-c2ccccc2)cc1)(C(=O)NO)[C@@H](O)c1cn2ccccc2n1. The van der Waals surface area contributed by atoms with Crippen molar-refractivity contribution in [3.63, 3.8) is 0 Å². The molecular formula is C24H23N3O4. The Morgan fingerprint density at radius 3 is 2.42 bits per heavy atom. The molecule has 0 unspecified atom stereocenters. The first-order valence-corrected chi connectivity index (χ1v) is 9.86. The van der Waals surface area contributed by atoms with Crippen LogP contribution >= 0.6 is 0 Å². The summed E-state index contributed by atoms with van der Waals surface area (Å²) in [6.07, 6.45) is 2.01. The summed E-state index contributed by atoms with van der Waals surface area (Å²) in [6, 6.07) is 23.2. The van der Waals surface area contributed by atoms with Crippen molar-refractivity contribution in [2.75, 3.05) is 0 Å². The van der Waals surface area contributed by atoms with Crippen LogP contribution in [0.1, 0.15) is 24.3 Å². The van der Waals surface area contributed by atoms with E-state index in [9.17, 15) is 15.1 Å². The lowest BCUT2D eigenvalue weighted by atomic mass is 9.95. The minimum atomic E-state index is -1.76. The minimum Gasteiger partial charge on any atom is -0.383 e. The number of benzene rings is 2. The van der Waals surface area contributed by atoms with E-state index in [4.69, 9.17) is 4.74 Å². The molecule has 2 aromatic heterocycles. The van der Waals surface area contributed by atoms with Gasteiger partial charge in [-0.1, -0.05) is 60.7 Å². The number of aromatic nitrogens is 2. The van der Waals surface area contributed by atoms with Crippen molar-refractivity contribution in [1.29, 1.82) is 0 Å². The fourth-order valence-corrected chi connectivity index (χ4v) is 3.41. The lowest BCUT2D eigenvalue weighted by Crippen LogP contribution is -2.50. The zero-order chi connectivity index (χ0) is 21.8. The Bertz CT molecular complexity index is 1140. The standard InChI is InChI=1S/C24H23N3O4/c1-24(23(29)26-30,22(28)20-15-27-14-6-5-9-21(27)25-20)31-16-17-10-12-19(13-11-17)18-7-3-2-4-8-18/h2-15,22,28,30H,16H2,1H3,(H,26,29)/t22-,24-/m0/s1. The number of aliphatic hydroxyl groups is 1. The topological polar surface area (TPSA) is 96.1 Å². The average molecular weight is 417 g/mol. The second kappa shape index (κ2) is 8.69. The average Bonchev–Trinajstić information content (AvgIpc) is 3.26. The molecule has 0 bridgehead atoms. The van der Waals surface area contributed by atoms with Crippen LogP contribution in [0.4, 0.5) is 0 Å². The van der Waals surface area contributed by atoms with Gasteiger partial charge in [-0.25, -0.2) is 10.5 Å². The lowest BCUT2D eigenvalue weighted by molar-refractivity contribution is -0.174. The highest BCUT2D eigenvalue weighted by Crippen LogP contribution is 2.31. The molecule has 7 heteroatoms. The van der Waals surface area contributed by atoms with Crippen LogP contribution in [0.3, 0.4) is 0 Å². The van der Waals surface area contributed by atoms with Crippen LogP contribution in [0.15, 0.2) is 85.2 Å². The number of pyridine rings is 1. The van der Waals surface area contributed by atoms with Gasteiger partial charge in [0, 0.05) is 12.4 Å². The van der Waals surface area contributed by atoms with Crippen molar-refractivity contribution in [1.82, 2.24) is 14.9 Å². The van der Waals surface area contributed by atoms with Crippen molar-refractivity contribution in [2.24, 2.45) is 0 Å². The molecule has 2 atom stereocenters. The Hall–Kier alpha value is -3.52. The maximum Gasteiger partial charge on any atom is 0.278 e. The normalized spacial score (nSPS) is 14.2. The van der Waals surface area contributed by atoms with Gasteiger partial charge in [-0.2, -0.15) is 0 Å². The van der Waals surface area contributed by atoms with Gasteiger partial charge in [0.1, 0.15) is 11.8 Å². The van der Waals surface area contributed by atoms with Crippen LogP contribution in [0.2, 0.25) is 0 Å². The van der Waals surface area contributed by atoms with E-state index in [1.54, 1.807) is 28.3 Å². The molecule has 0 radical (unpaired) electrons. The predicted molar refractivity (Wildman–Crippen MR) is 115 cm³/mol. The third-order valence-electron chi connectivity index (χ3n) is 5.34. The molecule has 0 saturated carbocycles. The van der Waals surface area contributed by atoms with Gasteiger partial charge in [0.2, 0.25) is 0 Å². The van der Waals surface area contributed by atoms with E-state index in [0.717, 1.165) is 16.7 Å². The molecule has 3 N–H and O–H groups in total. The number of imidazole rings is 1. The van der Waals surface area contributed by atoms with Gasteiger partial charge >= 0.3 is 0 Å². The molecule has 0 aliphatic rings. The van der Waals surface area contributed by atoms with Gasteiger partial charge in [0.25, 0.3) is 5.91 Å². The number of rotatable bonds is 7. The van der Waals surface area contributed by atoms with E-state index in [2.05, 4.69) is 4.98 Å². The van der Waals surface area contributed by atoms with Crippen molar-refractivity contribution in [3.8, 4) is 11.1 Å². The highest BCUT2D eigenvalue weighted by atomic mass is 16.5. The number of aliphatic hydroxyl groups excluding tert-OH is 1. The van der Waals surface area contributed by atoms with Crippen molar-refractivity contribution in [2.45, 2.75) is 25.2 Å². The molecular weight excluding hydrogens is 394 g/mol. The Labute approximate surface area is 179 Å². The molecule has 0 fully saturated rings. The number of ether oxygens (including phenoxy) is 1. The molecule has 0 saturated heterocycles. The molecule has 31 heavy (non-hydrogen) atoms. The van der Waals surface area contributed by atoms with Crippen molar-refractivity contribution < 1.29 is 19.8 Å². The summed E-state index contributed by atoms with van der Waals surface area (Å²) < 4.78 is 7.59. The van der Waals surface area contributed by atoms with Gasteiger partial charge in [-0.3, -0.25) is 10.0 Å². The lowest BCUT2D eigenvalue weighted by Gasteiger charge is -2.31. The second-order valence-corrected chi connectivity index (χ2v) is 7.43. The molecule has 4 aromatic rings. The highest BCUT2D eigenvalue weighted by Gasteiger charge is 2.44. The number of amides is 1. The summed E-state index contributed by atoms with van der Waals surface area (Å²) in [5.74, 6) is -0.863. The minimum absolute atomic E-state index is 0.0589. The molecule has 0 aliphatic carbocycles. The third kappa shape index (κ3) is 4.20. The van der Waals surface area contributed by atoms with Gasteiger partial charge in [-0.15, -0.1) is 0 Å². The number of fused-ring (bicyclic) bond motifs is 1. The van der Waals surface area contributed by atoms with Crippen molar-refractivity contribution >= 4 is 11.6 Å². The first kappa shape index (κ1) is 20.7. The Kier molecular flexibility index (Phi) is 5.81. The molecule has 2 heterocycles. The first-order chi connectivity index (χ1) is 15.0. The summed E-state index contributed by atoms with van der Waals surface area (Å²) in [5.41, 5.74) is 3.70. The summed E-state index contributed by atoms with van der Waals surface area (Å²) >= 11 is 0. The van der Waals surface area contributed by atoms with Crippen LogP contribution < -0.4 is 5.48 Å². The number of hydrogen-bond donors (Lipinski definition) is 3. The zero-order valence-corrected chi connectivity index (χ0v) is 17.0. The Morgan fingerprint density at radius 1 is 1.06 bits per heavy atom. The summed E-state index contributed by atoms with van der Waals surface area (Å²) in [7, 11) is 0. The fourth-order valence-electron chi connectivity index (χ4n) is 3.41. The Balaban J connectivity index is 1.54. The van der Waals surface area contributed by atoms with Crippen LogP contribution in [0, 0.1) is 0 Å². The molecule has 158 valence electrons. The van der Waals surface area contributed by atoms with E-state index in [1.165, 1.54) is 6.92 Å². The largest absolute Gasteiger partial charge is 0.383 e. The van der Waals surface area contributed by atoms with Crippen molar-refractivity contribution in [3.05, 3.63) is 96.4 Å². The summed E-state index contributed by atoms with van der Waals surface area (Å²) in [6.45, 7) is 1.48. The van der Waals surface area contributed by atoms with E-state index in [1.807, 2.05) is 66.7 Å². The molecule has 1 amide bonds. The summed E-state index contributed by atoms with van der Waals surface area (Å²) in [4.78, 5) is 16.8. The third-order valence-corrected chi connectivity index (χ3v) is 5.34. The second-order valence-electron chi connectivity index (χ2n) is 7.43. The van der Waals surface area contributed by atoms with Crippen LogP contribution in [-0.2, 0) is 16.1 Å². The zero-order valence-electron chi connectivity index (χ0n) is 17.0. The quantitative estimate of drug-likeness (QED) is 0.316. The monoisotopic (exact) mass is 417 g/mol. The van der Waals surface area contributed by atoms with E-state index < -0.39 is 17.6 Å². The maximum atomic E-state index is 12.4. The van der Waals surface area contributed by atoms with Crippen LogP contribution in [0.5, 0.6) is 0 Å². The molecule has 0 spiro atoms. The maximum absolute atomic E-state index is 12.4. The molecule has 0 aliphatic heterocycles. The molecule has 7 nitrogen and oxygen atoms in total. The van der Waals surface area contributed by atoms with E-state index in [-0.39, 0.29) is 12.3 Å². The van der Waals surface area contributed by atoms with Gasteiger partial charge < -0.3 is 14.2 Å². The number of nitrogens with one attached hydrogen (secondary N) is 1. The van der Waals surface area contributed by atoms with Gasteiger partial charge in [0.15, 0.2) is 5.60 Å². The molecule has 4 rings (SSSR count). The predicted octanol–water partition coefficient (Wildman–Crippen LogP) is 3.52. The number of carbonyl (C=O) groups is 1. The fraction of sp³-hybridized carbons (Fsp3) is 0.167.